The number of aryl methyl sites for hydroxylation is 1. The smallest absolute Gasteiger partial charge is 0.103 e. The van der Waals surface area contributed by atoms with Gasteiger partial charge in [0.15, 0.2) is 0 Å². The van der Waals surface area contributed by atoms with Gasteiger partial charge in [-0.25, -0.2) is 4.98 Å². The molecule has 0 spiro atoms. The molecule has 15 heavy (non-hydrogen) atoms. The number of aliphatic hydroxyl groups is 3. The largest absolute Gasteiger partial charge is 0.394 e. The van der Waals surface area contributed by atoms with E-state index in [4.69, 9.17) is 15.3 Å². The maximum Gasteiger partial charge on any atom is 0.103 e. The molecule has 1 aromatic rings. The van der Waals surface area contributed by atoms with Gasteiger partial charge in [0.2, 0.25) is 0 Å². The van der Waals surface area contributed by atoms with E-state index in [1.165, 1.54) is 0 Å². The second kappa shape index (κ2) is 5.22. The molecule has 6 heteroatoms. The van der Waals surface area contributed by atoms with Crippen LogP contribution in [0.25, 0.3) is 0 Å². The topological polar surface area (TPSA) is 101 Å². The van der Waals surface area contributed by atoms with Gasteiger partial charge in [-0.05, 0) is 6.92 Å². The Morgan fingerprint density at radius 2 is 1.93 bits per heavy atom. The van der Waals surface area contributed by atoms with E-state index < -0.39 is 5.54 Å². The minimum atomic E-state index is -1.04. The van der Waals surface area contributed by atoms with Crippen LogP contribution in [-0.4, -0.2) is 50.6 Å². The highest BCUT2D eigenvalue weighted by molar-refractivity contribution is 5.01. The van der Waals surface area contributed by atoms with E-state index >= 15 is 0 Å². The molecule has 0 atom stereocenters. The fourth-order valence-corrected chi connectivity index (χ4v) is 1.16. The van der Waals surface area contributed by atoms with Crippen molar-refractivity contribution in [2.45, 2.75) is 19.0 Å². The van der Waals surface area contributed by atoms with E-state index in [0.29, 0.717) is 6.54 Å². The van der Waals surface area contributed by atoms with Crippen molar-refractivity contribution in [3.8, 4) is 0 Å². The lowest BCUT2D eigenvalue weighted by molar-refractivity contribution is 0.0412. The minimum Gasteiger partial charge on any atom is -0.394 e. The van der Waals surface area contributed by atoms with Gasteiger partial charge in [-0.15, -0.1) is 0 Å². The van der Waals surface area contributed by atoms with Crippen LogP contribution in [0.3, 0.4) is 0 Å². The van der Waals surface area contributed by atoms with Gasteiger partial charge >= 0.3 is 0 Å². The second-order valence-corrected chi connectivity index (χ2v) is 3.60. The molecule has 0 aliphatic carbocycles. The standard InChI is InChI=1S/C9H17N3O3/c1-7-10-2-8(12-7)3-11-9(4-13,5-14)6-15/h2,11,13-15H,3-6H2,1H3,(H,10,12). The maximum atomic E-state index is 9.05. The Morgan fingerprint density at radius 3 is 2.33 bits per heavy atom. The summed E-state index contributed by atoms with van der Waals surface area (Å²) in [7, 11) is 0. The third kappa shape index (κ3) is 3.00. The van der Waals surface area contributed by atoms with Crippen LogP contribution in [0, 0.1) is 6.92 Å². The van der Waals surface area contributed by atoms with E-state index in [9.17, 15) is 0 Å². The van der Waals surface area contributed by atoms with Gasteiger partial charge in [-0.1, -0.05) is 0 Å². The zero-order valence-electron chi connectivity index (χ0n) is 8.69. The van der Waals surface area contributed by atoms with Crippen molar-refractivity contribution < 1.29 is 15.3 Å². The Hall–Kier alpha value is -0.950. The molecule has 0 saturated heterocycles. The van der Waals surface area contributed by atoms with Crippen LogP contribution < -0.4 is 5.32 Å². The predicted molar refractivity (Wildman–Crippen MR) is 54.2 cm³/mol. The number of rotatable bonds is 6. The number of aromatic nitrogens is 2. The third-order valence-corrected chi connectivity index (χ3v) is 2.32. The highest BCUT2D eigenvalue weighted by Gasteiger charge is 2.27. The highest BCUT2D eigenvalue weighted by Crippen LogP contribution is 2.04. The number of hydrogen-bond donors (Lipinski definition) is 5. The summed E-state index contributed by atoms with van der Waals surface area (Å²) in [5.41, 5.74) is -0.203. The van der Waals surface area contributed by atoms with Crippen molar-refractivity contribution in [3.05, 3.63) is 17.7 Å². The number of hydrogen-bond acceptors (Lipinski definition) is 5. The minimum absolute atomic E-state index is 0.326. The van der Waals surface area contributed by atoms with Gasteiger partial charge < -0.3 is 20.3 Å². The molecule has 0 aliphatic rings. The van der Waals surface area contributed by atoms with E-state index in [1.807, 2.05) is 6.92 Å². The lowest BCUT2D eigenvalue weighted by atomic mass is 10.0. The zero-order chi connectivity index (χ0) is 11.3. The molecule has 1 heterocycles. The average molecular weight is 215 g/mol. The normalized spacial score (nSPS) is 12.0. The summed E-state index contributed by atoms with van der Waals surface area (Å²) in [6.07, 6.45) is 1.67. The fourth-order valence-electron chi connectivity index (χ4n) is 1.16. The molecule has 0 fully saturated rings. The molecule has 1 rings (SSSR count). The summed E-state index contributed by atoms with van der Waals surface area (Å²) in [4.78, 5) is 7.01. The first-order valence-electron chi connectivity index (χ1n) is 4.74. The predicted octanol–water partition coefficient (Wildman–Crippen LogP) is -1.48. The Labute approximate surface area is 88.0 Å². The van der Waals surface area contributed by atoms with E-state index in [1.54, 1.807) is 6.20 Å². The van der Waals surface area contributed by atoms with Gasteiger partial charge in [0.05, 0.1) is 25.4 Å². The van der Waals surface area contributed by atoms with Gasteiger partial charge in [0.1, 0.15) is 5.82 Å². The summed E-state index contributed by atoms with van der Waals surface area (Å²) < 4.78 is 0. The Bertz CT molecular complexity index is 288. The lowest BCUT2D eigenvalue weighted by Crippen LogP contribution is -2.54. The van der Waals surface area contributed by atoms with Crippen LogP contribution in [0.15, 0.2) is 6.20 Å². The van der Waals surface area contributed by atoms with E-state index in [0.717, 1.165) is 11.5 Å². The van der Waals surface area contributed by atoms with Gasteiger partial charge in [-0.2, -0.15) is 0 Å². The molecule has 1 aromatic heterocycles. The van der Waals surface area contributed by atoms with E-state index in [2.05, 4.69) is 15.3 Å². The monoisotopic (exact) mass is 215 g/mol. The molecule has 86 valence electrons. The van der Waals surface area contributed by atoms with Crippen molar-refractivity contribution in [2.75, 3.05) is 19.8 Å². The van der Waals surface area contributed by atoms with Crippen molar-refractivity contribution >= 4 is 0 Å². The molecule has 0 aromatic carbocycles. The zero-order valence-corrected chi connectivity index (χ0v) is 8.69. The number of nitrogens with zero attached hydrogens (tertiary/aromatic N) is 1. The van der Waals surface area contributed by atoms with Gasteiger partial charge in [0.25, 0.3) is 0 Å². The molecule has 0 amide bonds. The summed E-state index contributed by atoms with van der Waals surface area (Å²) >= 11 is 0. The molecule has 5 N–H and O–H groups in total. The SMILES string of the molecule is Cc1ncc(CNC(CO)(CO)CO)[nH]1. The maximum absolute atomic E-state index is 9.05. The Balaban J connectivity index is 2.54. The lowest BCUT2D eigenvalue weighted by Gasteiger charge is -2.28. The van der Waals surface area contributed by atoms with Gasteiger partial charge in [-0.3, -0.25) is 5.32 Å². The quantitative estimate of drug-likeness (QED) is 0.398. The van der Waals surface area contributed by atoms with Crippen LogP contribution in [0.1, 0.15) is 11.5 Å². The number of imidazole rings is 1. The number of H-pyrrole nitrogens is 1. The molecule has 0 unspecified atom stereocenters. The summed E-state index contributed by atoms with van der Waals surface area (Å²) in [5, 5.41) is 30.0. The van der Waals surface area contributed by atoms with Crippen molar-refractivity contribution in [1.29, 1.82) is 0 Å². The number of nitrogens with one attached hydrogen (secondary N) is 2. The molecule has 0 aliphatic heterocycles. The van der Waals surface area contributed by atoms with Gasteiger partial charge in [0, 0.05) is 18.4 Å². The van der Waals surface area contributed by atoms with Crippen LogP contribution >= 0.6 is 0 Å². The Morgan fingerprint density at radius 1 is 1.33 bits per heavy atom. The van der Waals surface area contributed by atoms with Crippen LogP contribution in [0.4, 0.5) is 0 Å². The highest BCUT2D eigenvalue weighted by atomic mass is 16.3. The Kier molecular flexibility index (Phi) is 4.22. The fraction of sp³-hybridized carbons (Fsp3) is 0.667. The summed E-state index contributed by atoms with van der Waals surface area (Å²) in [6, 6.07) is 0. The third-order valence-electron chi connectivity index (χ3n) is 2.32. The second-order valence-electron chi connectivity index (χ2n) is 3.60. The van der Waals surface area contributed by atoms with Crippen LogP contribution in [0.5, 0.6) is 0 Å². The average Bonchev–Trinajstić information content (AvgIpc) is 2.67. The van der Waals surface area contributed by atoms with Crippen LogP contribution in [-0.2, 0) is 6.54 Å². The van der Waals surface area contributed by atoms with Crippen LogP contribution in [0.2, 0.25) is 0 Å². The molecule has 0 saturated carbocycles. The van der Waals surface area contributed by atoms with Crippen molar-refractivity contribution in [1.82, 2.24) is 15.3 Å². The summed E-state index contributed by atoms with van der Waals surface area (Å²) in [5.74, 6) is 0.800. The molecular weight excluding hydrogens is 198 g/mol. The first-order chi connectivity index (χ1) is 7.15. The van der Waals surface area contributed by atoms with Crippen molar-refractivity contribution in [2.24, 2.45) is 0 Å². The molecule has 6 nitrogen and oxygen atoms in total. The first kappa shape index (κ1) is 12.1. The van der Waals surface area contributed by atoms with Crippen molar-refractivity contribution in [3.63, 3.8) is 0 Å². The number of aliphatic hydroxyl groups excluding tert-OH is 3. The molecule has 0 radical (unpaired) electrons. The first-order valence-corrected chi connectivity index (χ1v) is 4.74. The molecule has 0 bridgehead atoms. The summed E-state index contributed by atoms with van der Waals surface area (Å²) in [6.45, 7) is 1.26. The molecular formula is C9H17N3O3. The van der Waals surface area contributed by atoms with E-state index in [-0.39, 0.29) is 19.8 Å². The number of aromatic amines is 1.